The summed E-state index contributed by atoms with van der Waals surface area (Å²) in [6.07, 6.45) is 1.72. The minimum atomic E-state index is -0.619. The first-order valence-electron chi connectivity index (χ1n) is 10.7. The Balaban J connectivity index is 1.82. The average molecular weight is 514 g/mol. The van der Waals surface area contributed by atoms with Crippen LogP contribution in [0.15, 0.2) is 56.8 Å². The van der Waals surface area contributed by atoms with Crippen molar-refractivity contribution in [2.45, 2.75) is 19.9 Å². The van der Waals surface area contributed by atoms with Crippen molar-refractivity contribution in [3.05, 3.63) is 77.1 Å². The molecule has 0 radical (unpaired) electrons. The van der Waals surface area contributed by atoms with Gasteiger partial charge in [-0.3, -0.25) is 14.2 Å². The topological polar surface area (TPSA) is 122 Å². The molecular weight excluding hydrogens is 490 g/mol. The second-order valence-electron chi connectivity index (χ2n) is 7.48. The maximum Gasteiger partial charge on any atom is 0.338 e. The van der Waals surface area contributed by atoms with E-state index in [9.17, 15) is 14.4 Å². The van der Waals surface area contributed by atoms with Crippen molar-refractivity contribution in [1.29, 1.82) is 0 Å². The number of thiazole rings is 1. The summed E-state index contributed by atoms with van der Waals surface area (Å²) in [5, 5.41) is 1.90. The van der Waals surface area contributed by atoms with Gasteiger partial charge < -0.3 is 19.9 Å². The van der Waals surface area contributed by atoms with Crippen molar-refractivity contribution in [3.8, 4) is 11.5 Å². The van der Waals surface area contributed by atoms with Crippen LogP contribution in [-0.2, 0) is 14.3 Å². The van der Waals surface area contributed by atoms with Gasteiger partial charge >= 0.3 is 5.97 Å². The molecule has 2 aromatic heterocycles. The number of benzene rings is 1. The molecule has 11 heteroatoms. The first kappa shape index (κ1) is 24.4. The van der Waals surface area contributed by atoms with Gasteiger partial charge in [-0.25, -0.2) is 9.79 Å². The normalized spacial score (nSPS) is 15.4. The van der Waals surface area contributed by atoms with Crippen LogP contribution in [0.1, 0.15) is 30.3 Å². The molecule has 0 bridgehead atoms. The molecule has 9 nitrogen and oxygen atoms in total. The first-order valence-corrected chi connectivity index (χ1v) is 12.4. The molecular formula is C24H23N3O6S2. The molecule has 0 aliphatic carbocycles. The Kier molecular flexibility index (Phi) is 7.17. The molecule has 0 spiro atoms. The minimum Gasteiger partial charge on any atom is -0.493 e. The summed E-state index contributed by atoms with van der Waals surface area (Å²) < 4.78 is 18.0. The number of aromatic nitrogens is 1. The lowest BCUT2D eigenvalue weighted by atomic mass is 10.0. The number of rotatable bonds is 8. The molecule has 0 saturated heterocycles. The Morgan fingerprint density at radius 2 is 2.06 bits per heavy atom. The average Bonchev–Trinajstić information content (AvgIpc) is 3.46. The predicted octanol–water partition coefficient (Wildman–Crippen LogP) is 1.73. The van der Waals surface area contributed by atoms with Crippen LogP contribution in [0.25, 0.3) is 6.08 Å². The summed E-state index contributed by atoms with van der Waals surface area (Å²) >= 11 is 2.69. The molecule has 3 heterocycles. The number of hydrogen-bond acceptors (Lipinski definition) is 9. The van der Waals surface area contributed by atoms with Crippen LogP contribution in [0.2, 0.25) is 0 Å². The van der Waals surface area contributed by atoms with Gasteiger partial charge in [-0.1, -0.05) is 23.5 Å². The number of thiophene rings is 1. The Labute approximate surface area is 208 Å². The Hall–Kier alpha value is -3.70. The van der Waals surface area contributed by atoms with Gasteiger partial charge in [0.25, 0.3) is 11.5 Å². The van der Waals surface area contributed by atoms with E-state index in [0.717, 1.165) is 4.88 Å². The van der Waals surface area contributed by atoms with Crippen molar-refractivity contribution in [2.24, 2.45) is 10.7 Å². The molecule has 3 aromatic rings. The van der Waals surface area contributed by atoms with Gasteiger partial charge in [0.2, 0.25) is 0 Å². The van der Waals surface area contributed by atoms with Crippen LogP contribution in [0.3, 0.4) is 0 Å². The molecule has 182 valence electrons. The summed E-state index contributed by atoms with van der Waals surface area (Å²) in [7, 11) is 1.48. The standard InChI is InChI=1S/C24H23N3O6S2/c1-4-32-23(30)20-13(2)26-24-27(21(20)17-6-5-9-34-17)22(29)18(35-24)11-14-7-8-15(16(10-14)31-3)33-12-19(25)28/h5-11,21H,4,12H2,1-3H3,(H2,25,28)/b18-11-/t21-/m1/s1. The van der Waals surface area contributed by atoms with Gasteiger partial charge in [0.1, 0.15) is 6.04 Å². The number of carbonyl (C=O) groups is 2. The molecule has 0 unspecified atom stereocenters. The summed E-state index contributed by atoms with van der Waals surface area (Å²) in [6, 6.07) is 8.22. The maximum absolute atomic E-state index is 13.6. The number of nitrogens with two attached hydrogens (primary N) is 1. The highest BCUT2D eigenvalue weighted by Gasteiger charge is 2.33. The second kappa shape index (κ2) is 10.3. The van der Waals surface area contributed by atoms with Crippen LogP contribution in [0.4, 0.5) is 0 Å². The molecule has 4 rings (SSSR count). The van der Waals surface area contributed by atoms with E-state index in [4.69, 9.17) is 19.9 Å². The molecule has 0 fully saturated rings. The van der Waals surface area contributed by atoms with Crippen LogP contribution >= 0.6 is 22.7 Å². The summed E-state index contributed by atoms with van der Waals surface area (Å²) in [6.45, 7) is 3.43. The zero-order chi connectivity index (χ0) is 25.1. The zero-order valence-corrected chi connectivity index (χ0v) is 20.9. The third-order valence-corrected chi connectivity index (χ3v) is 7.09. The molecule has 35 heavy (non-hydrogen) atoms. The van der Waals surface area contributed by atoms with E-state index in [1.807, 2.05) is 17.5 Å². The number of nitrogens with zero attached hydrogens (tertiary/aromatic N) is 2. The highest BCUT2D eigenvalue weighted by Crippen LogP contribution is 2.33. The summed E-state index contributed by atoms with van der Waals surface area (Å²) in [5.74, 6) is -0.338. The lowest BCUT2D eigenvalue weighted by molar-refractivity contribution is -0.139. The third kappa shape index (κ3) is 4.91. The quantitative estimate of drug-likeness (QED) is 0.458. The zero-order valence-electron chi connectivity index (χ0n) is 19.3. The number of primary amides is 1. The van der Waals surface area contributed by atoms with Gasteiger partial charge in [0.15, 0.2) is 22.9 Å². The van der Waals surface area contributed by atoms with E-state index in [-0.39, 0.29) is 18.8 Å². The molecule has 1 aliphatic rings. The number of fused-ring (bicyclic) bond motifs is 1. The van der Waals surface area contributed by atoms with Gasteiger partial charge in [-0.2, -0.15) is 0 Å². The fourth-order valence-corrected chi connectivity index (χ4v) is 5.57. The van der Waals surface area contributed by atoms with E-state index in [1.54, 1.807) is 42.7 Å². The van der Waals surface area contributed by atoms with Crippen molar-refractivity contribution in [2.75, 3.05) is 20.3 Å². The summed E-state index contributed by atoms with van der Waals surface area (Å²) in [4.78, 5) is 43.3. The van der Waals surface area contributed by atoms with Gasteiger partial charge in [-0.15, -0.1) is 11.3 Å². The number of esters is 1. The third-order valence-electron chi connectivity index (χ3n) is 5.19. The van der Waals surface area contributed by atoms with Crippen LogP contribution in [0, 0.1) is 0 Å². The second-order valence-corrected chi connectivity index (χ2v) is 9.47. The largest absolute Gasteiger partial charge is 0.493 e. The number of ether oxygens (including phenoxy) is 3. The van der Waals surface area contributed by atoms with Crippen LogP contribution < -0.4 is 30.1 Å². The number of amides is 1. The van der Waals surface area contributed by atoms with Crippen LogP contribution in [-0.4, -0.2) is 36.8 Å². The molecule has 0 saturated carbocycles. The lowest BCUT2D eigenvalue weighted by Gasteiger charge is -2.23. The van der Waals surface area contributed by atoms with Gasteiger partial charge in [0.05, 0.1) is 29.5 Å². The Morgan fingerprint density at radius 3 is 2.71 bits per heavy atom. The highest BCUT2D eigenvalue weighted by atomic mass is 32.1. The maximum atomic E-state index is 13.6. The SMILES string of the molecule is CCOC(=O)C1=C(C)N=c2s/c(=C\c3ccc(OCC(N)=O)c(OC)c3)c(=O)n2[C@@H]1c1cccs1. The van der Waals surface area contributed by atoms with E-state index in [2.05, 4.69) is 4.99 Å². The van der Waals surface area contributed by atoms with E-state index >= 15 is 0 Å². The molecule has 1 aromatic carbocycles. The van der Waals surface area contributed by atoms with Crippen molar-refractivity contribution >= 4 is 40.6 Å². The predicted molar refractivity (Wildman–Crippen MR) is 132 cm³/mol. The minimum absolute atomic E-state index is 0.220. The molecule has 1 atom stereocenters. The Morgan fingerprint density at radius 1 is 1.26 bits per heavy atom. The van der Waals surface area contributed by atoms with Crippen molar-refractivity contribution in [1.82, 2.24) is 4.57 Å². The number of carbonyl (C=O) groups excluding carboxylic acids is 2. The summed E-state index contributed by atoms with van der Waals surface area (Å²) in [5.41, 5.74) is 6.43. The fraction of sp³-hybridized carbons (Fsp3) is 0.250. The van der Waals surface area contributed by atoms with E-state index in [1.165, 1.54) is 29.8 Å². The van der Waals surface area contributed by atoms with Gasteiger partial charge in [0, 0.05) is 4.88 Å². The van der Waals surface area contributed by atoms with Crippen molar-refractivity contribution < 1.29 is 23.8 Å². The molecule has 1 amide bonds. The van der Waals surface area contributed by atoms with Gasteiger partial charge in [-0.05, 0) is 49.1 Å². The molecule has 1 aliphatic heterocycles. The number of hydrogen-bond donors (Lipinski definition) is 1. The lowest BCUT2D eigenvalue weighted by Crippen LogP contribution is -2.39. The molecule has 2 N–H and O–H groups in total. The number of allylic oxidation sites excluding steroid dienone is 1. The van der Waals surface area contributed by atoms with Crippen molar-refractivity contribution in [3.63, 3.8) is 0 Å². The van der Waals surface area contributed by atoms with E-state index in [0.29, 0.717) is 37.7 Å². The first-order chi connectivity index (χ1) is 16.8. The monoisotopic (exact) mass is 513 g/mol. The Bertz CT molecular complexity index is 1480. The van der Waals surface area contributed by atoms with E-state index < -0.39 is 17.9 Å². The highest BCUT2D eigenvalue weighted by molar-refractivity contribution is 7.10. The smallest absolute Gasteiger partial charge is 0.338 e. The number of methoxy groups -OCH3 is 1. The van der Waals surface area contributed by atoms with Crippen LogP contribution in [0.5, 0.6) is 11.5 Å². The fourth-order valence-electron chi connectivity index (χ4n) is 3.70.